The molecule has 0 atom stereocenters. The summed E-state index contributed by atoms with van der Waals surface area (Å²) in [5.41, 5.74) is 2.14. The summed E-state index contributed by atoms with van der Waals surface area (Å²) in [6.07, 6.45) is 0.706. The molecule has 24 heavy (non-hydrogen) atoms. The molecule has 0 fully saturated rings. The predicted octanol–water partition coefficient (Wildman–Crippen LogP) is 3.52. The van der Waals surface area contributed by atoms with Crippen molar-refractivity contribution in [3.8, 4) is 22.9 Å². The monoisotopic (exact) mass is 358 g/mol. The molecule has 0 spiro atoms. The molecule has 0 saturated heterocycles. The second kappa shape index (κ2) is 6.21. The average molecular weight is 358 g/mol. The quantitative estimate of drug-likeness (QED) is 0.546. The van der Waals surface area contributed by atoms with Crippen LogP contribution in [0.2, 0.25) is 0 Å². The zero-order valence-electron chi connectivity index (χ0n) is 13.1. The summed E-state index contributed by atoms with van der Waals surface area (Å²) in [5, 5.41) is 18.2. The van der Waals surface area contributed by atoms with Gasteiger partial charge in [-0.1, -0.05) is 17.4 Å². The lowest BCUT2D eigenvalue weighted by atomic mass is 10.1. The van der Waals surface area contributed by atoms with Gasteiger partial charge in [0.15, 0.2) is 17.3 Å². The molecule has 122 valence electrons. The van der Waals surface area contributed by atoms with Crippen LogP contribution >= 0.6 is 22.7 Å². The third-order valence-corrected chi connectivity index (χ3v) is 5.20. The minimum atomic E-state index is 0.706. The molecule has 0 aliphatic heterocycles. The number of hydrogen-bond acceptors (Lipinski definition) is 7. The van der Waals surface area contributed by atoms with Crippen LogP contribution in [-0.4, -0.2) is 34.0 Å². The fourth-order valence-corrected chi connectivity index (χ4v) is 3.97. The van der Waals surface area contributed by atoms with Crippen LogP contribution in [0, 0.1) is 0 Å². The molecule has 4 aromatic rings. The van der Waals surface area contributed by atoms with Crippen LogP contribution in [-0.2, 0) is 6.42 Å². The first kappa shape index (κ1) is 15.1. The van der Waals surface area contributed by atoms with Crippen LogP contribution in [0.15, 0.2) is 35.0 Å². The van der Waals surface area contributed by atoms with Gasteiger partial charge in [0.2, 0.25) is 4.96 Å². The number of thiophene rings is 1. The number of hydrogen-bond donors (Lipinski definition) is 0. The van der Waals surface area contributed by atoms with Crippen molar-refractivity contribution in [3.05, 3.63) is 45.6 Å². The first-order chi connectivity index (χ1) is 11.8. The maximum Gasteiger partial charge on any atom is 0.234 e. The van der Waals surface area contributed by atoms with Gasteiger partial charge in [-0.15, -0.1) is 10.2 Å². The van der Waals surface area contributed by atoms with Crippen molar-refractivity contribution < 1.29 is 9.47 Å². The lowest BCUT2D eigenvalue weighted by Gasteiger charge is -2.08. The van der Waals surface area contributed by atoms with Crippen LogP contribution in [0.5, 0.6) is 11.5 Å². The number of rotatable bonds is 5. The van der Waals surface area contributed by atoms with Gasteiger partial charge in [-0.2, -0.15) is 21.0 Å². The van der Waals surface area contributed by atoms with Crippen molar-refractivity contribution in [2.24, 2.45) is 0 Å². The van der Waals surface area contributed by atoms with Gasteiger partial charge in [0.25, 0.3) is 0 Å². The molecular formula is C16H14N4O2S2. The van der Waals surface area contributed by atoms with E-state index in [9.17, 15) is 0 Å². The smallest absolute Gasteiger partial charge is 0.234 e. The molecular weight excluding hydrogens is 344 g/mol. The molecule has 3 heterocycles. The number of nitrogens with zero attached hydrogens (tertiary/aromatic N) is 4. The normalized spacial score (nSPS) is 11.1. The van der Waals surface area contributed by atoms with Gasteiger partial charge >= 0.3 is 0 Å². The highest BCUT2D eigenvalue weighted by molar-refractivity contribution is 7.16. The number of aromatic nitrogens is 4. The highest BCUT2D eigenvalue weighted by atomic mass is 32.1. The van der Waals surface area contributed by atoms with Gasteiger partial charge in [-0.05, 0) is 29.1 Å². The van der Waals surface area contributed by atoms with Gasteiger partial charge in [0.05, 0.1) is 14.2 Å². The summed E-state index contributed by atoms with van der Waals surface area (Å²) >= 11 is 3.18. The lowest BCUT2D eigenvalue weighted by Crippen LogP contribution is -1.95. The minimum absolute atomic E-state index is 0.706. The molecule has 4 rings (SSSR count). The standard InChI is InChI=1S/C16H14N4O2S2/c1-21-12-4-3-10(7-13(12)22-2)8-14-19-20-15(11-5-6-23-9-11)17-18-16(20)24-14/h3-7,9H,8H2,1-2H3. The highest BCUT2D eigenvalue weighted by Crippen LogP contribution is 2.29. The van der Waals surface area contributed by atoms with Gasteiger partial charge in [-0.25, -0.2) is 0 Å². The Labute approximate surface area is 146 Å². The Morgan fingerprint density at radius 3 is 2.71 bits per heavy atom. The van der Waals surface area contributed by atoms with Crippen LogP contribution in [0.3, 0.4) is 0 Å². The molecule has 0 N–H and O–H groups in total. The van der Waals surface area contributed by atoms with Gasteiger partial charge in [0, 0.05) is 17.4 Å². The number of fused-ring (bicyclic) bond motifs is 1. The topological polar surface area (TPSA) is 61.5 Å². The first-order valence-electron chi connectivity index (χ1n) is 7.23. The third kappa shape index (κ3) is 2.63. The fraction of sp³-hybridized carbons (Fsp3) is 0.188. The Balaban J connectivity index is 1.66. The third-order valence-electron chi connectivity index (χ3n) is 3.62. The van der Waals surface area contributed by atoms with Gasteiger partial charge < -0.3 is 9.47 Å². The summed E-state index contributed by atoms with van der Waals surface area (Å²) in [6, 6.07) is 7.92. The van der Waals surface area contributed by atoms with Gasteiger partial charge in [0.1, 0.15) is 5.01 Å². The van der Waals surface area contributed by atoms with E-state index in [1.807, 2.05) is 39.5 Å². The zero-order valence-corrected chi connectivity index (χ0v) is 14.7. The minimum Gasteiger partial charge on any atom is -0.493 e. The van der Waals surface area contributed by atoms with Crippen molar-refractivity contribution in [1.29, 1.82) is 0 Å². The highest BCUT2D eigenvalue weighted by Gasteiger charge is 2.14. The lowest BCUT2D eigenvalue weighted by molar-refractivity contribution is 0.354. The van der Waals surface area contributed by atoms with Crippen molar-refractivity contribution in [2.45, 2.75) is 6.42 Å². The summed E-state index contributed by atoms with van der Waals surface area (Å²) in [5.74, 6) is 2.22. The van der Waals surface area contributed by atoms with E-state index < -0.39 is 0 Å². The van der Waals surface area contributed by atoms with Crippen molar-refractivity contribution in [2.75, 3.05) is 14.2 Å². The summed E-state index contributed by atoms with van der Waals surface area (Å²) in [6.45, 7) is 0. The zero-order chi connectivity index (χ0) is 16.5. The van der Waals surface area contributed by atoms with Crippen LogP contribution < -0.4 is 9.47 Å². The Bertz CT molecular complexity index is 975. The maximum atomic E-state index is 5.36. The van der Waals surface area contributed by atoms with E-state index >= 15 is 0 Å². The summed E-state index contributed by atoms with van der Waals surface area (Å²) < 4.78 is 12.4. The van der Waals surface area contributed by atoms with Crippen molar-refractivity contribution in [3.63, 3.8) is 0 Å². The number of ether oxygens (including phenoxy) is 2. The predicted molar refractivity (Wildman–Crippen MR) is 94.3 cm³/mol. The van der Waals surface area contributed by atoms with E-state index in [-0.39, 0.29) is 0 Å². The van der Waals surface area contributed by atoms with Crippen LogP contribution in [0.1, 0.15) is 10.6 Å². The Hall–Kier alpha value is -2.45. The van der Waals surface area contributed by atoms with Crippen molar-refractivity contribution in [1.82, 2.24) is 19.8 Å². The van der Waals surface area contributed by atoms with Gasteiger partial charge in [-0.3, -0.25) is 0 Å². The molecule has 6 nitrogen and oxygen atoms in total. The Morgan fingerprint density at radius 2 is 1.96 bits per heavy atom. The molecule has 0 saturated carbocycles. The first-order valence-corrected chi connectivity index (χ1v) is 8.99. The number of methoxy groups -OCH3 is 2. The Kier molecular flexibility index (Phi) is 3.91. The largest absolute Gasteiger partial charge is 0.493 e. The van der Waals surface area contributed by atoms with Crippen molar-refractivity contribution >= 4 is 27.6 Å². The average Bonchev–Trinajstić information content (AvgIpc) is 3.31. The summed E-state index contributed by atoms with van der Waals surface area (Å²) in [4.78, 5) is 0.798. The van der Waals surface area contributed by atoms with E-state index in [1.54, 1.807) is 36.9 Å². The molecule has 0 radical (unpaired) electrons. The molecule has 8 heteroatoms. The van der Waals surface area contributed by atoms with E-state index in [0.717, 1.165) is 38.4 Å². The van der Waals surface area contributed by atoms with E-state index in [2.05, 4.69) is 15.3 Å². The SMILES string of the molecule is COc1ccc(Cc2nn3c(-c4ccsc4)nnc3s2)cc1OC. The molecule has 0 bridgehead atoms. The second-order valence-corrected chi connectivity index (χ2v) is 6.91. The maximum absolute atomic E-state index is 5.36. The van der Waals surface area contributed by atoms with Crippen LogP contribution in [0.25, 0.3) is 16.3 Å². The fourth-order valence-electron chi connectivity index (χ4n) is 2.46. The van der Waals surface area contributed by atoms with E-state index in [1.165, 1.54) is 0 Å². The molecule has 0 aliphatic carbocycles. The molecule has 0 aliphatic rings. The molecule has 0 unspecified atom stereocenters. The van der Waals surface area contributed by atoms with E-state index in [4.69, 9.17) is 9.47 Å². The molecule has 0 amide bonds. The van der Waals surface area contributed by atoms with Crippen LogP contribution in [0.4, 0.5) is 0 Å². The second-order valence-electron chi connectivity index (χ2n) is 5.09. The Morgan fingerprint density at radius 1 is 1.08 bits per heavy atom. The molecule has 1 aromatic carbocycles. The van der Waals surface area contributed by atoms with E-state index in [0.29, 0.717) is 6.42 Å². The summed E-state index contributed by atoms with van der Waals surface area (Å²) in [7, 11) is 3.27. The molecule has 3 aromatic heterocycles. The number of benzene rings is 1.